The van der Waals surface area contributed by atoms with Gasteiger partial charge in [-0.25, -0.2) is 0 Å². The van der Waals surface area contributed by atoms with E-state index < -0.39 is 0 Å². The minimum atomic E-state index is -0.213. The van der Waals surface area contributed by atoms with Crippen LogP contribution in [0.3, 0.4) is 0 Å². The van der Waals surface area contributed by atoms with Crippen LogP contribution in [-0.4, -0.2) is 37.3 Å². The van der Waals surface area contributed by atoms with Gasteiger partial charge in [0, 0.05) is 23.5 Å². The minimum absolute atomic E-state index is 0.0646. The number of carbonyl (C=O) groups is 1. The van der Waals surface area contributed by atoms with Gasteiger partial charge in [0.05, 0.1) is 19.5 Å². The first-order valence-electron chi connectivity index (χ1n) is 7.82. The summed E-state index contributed by atoms with van der Waals surface area (Å²) in [7, 11) is 5.01. The average molecular weight is 380 g/mol. The van der Waals surface area contributed by atoms with Crippen molar-refractivity contribution in [3.05, 3.63) is 53.1 Å². The highest BCUT2D eigenvalue weighted by Crippen LogP contribution is 2.33. The molecule has 1 amide bonds. The number of amides is 1. The Morgan fingerprint density at radius 1 is 1.12 bits per heavy atom. The van der Waals surface area contributed by atoms with Gasteiger partial charge in [-0.2, -0.15) is 0 Å². The van der Waals surface area contributed by atoms with Gasteiger partial charge in [0.2, 0.25) is 5.91 Å². The molecule has 6 heteroatoms. The van der Waals surface area contributed by atoms with E-state index in [2.05, 4.69) is 0 Å². The van der Waals surface area contributed by atoms with Crippen LogP contribution in [0.1, 0.15) is 12.5 Å². The number of hydrogen-bond acceptors (Lipinski definition) is 4. The summed E-state index contributed by atoms with van der Waals surface area (Å²) in [6, 6.07) is 13.2. The summed E-state index contributed by atoms with van der Waals surface area (Å²) in [6.45, 7) is 2.45. The lowest BCUT2D eigenvalue weighted by molar-refractivity contribution is -0.129. The Hall–Kier alpha value is -1.85. The first-order chi connectivity index (χ1) is 11.9. The van der Waals surface area contributed by atoms with Gasteiger partial charge in [0.1, 0.15) is 0 Å². The number of benzene rings is 2. The number of nitrogens with zero attached hydrogens (tertiary/aromatic N) is 1. The van der Waals surface area contributed by atoms with Gasteiger partial charge in [-0.15, -0.1) is 11.8 Å². The van der Waals surface area contributed by atoms with Gasteiger partial charge in [-0.3, -0.25) is 4.79 Å². The second kappa shape index (κ2) is 9.02. The number of hydrogen-bond donors (Lipinski definition) is 0. The quantitative estimate of drug-likeness (QED) is 0.664. The molecule has 1 atom stereocenters. The second-order valence-electron chi connectivity index (χ2n) is 5.60. The Morgan fingerprint density at radius 3 is 2.36 bits per heavy atom. The lowest BCUT2D eigenvalue weighted by Gasteiger charge is -2.21. The smallest absolute Gasteiger partial charge is 0.235 e. The van der Waals surface area contributed by atoms with Crippen LogP contribution in [0, 0.1) is 0 Å². The van der Waals surface area contributed by atoms with Gasteiger partial charge >= 0.3 is 0 Å². The van der Waals surface area contributed by atoms with Gasteiger partial charge < -0.3 is 14.4 Å². The molecular formula is C19H22ClNO3S. The Kier molecular flexibility index (Phi) is 7.02. The Labute approximate surface area is 158 Å². The van der Waals surface area contributed by atoms with E-state index in [4.69, 9.17) is 21.1 Å². The van der Waals surface area contributed by atoms with Crippen molar-refractivity contribution >= 4 is 29.3 Å². The van der Waals surface area contributed by atoms with Crippen molar-refractivity contribution in [2.45, 2.75) is 23.6 Å². The molecule has 0 bridgehead atoms. The Bertz CT molecular complexity index is 721. The minimum Gasteiger partial charge on any atom is -0.493 e. The molecule has 2 aromatic carbocycles. The largest absolute Gasteiger partial charge is 0.493 e. The zero-order chi connectivity index (χ0) is 18.4. The molecule has 134 valence electrons. The Morgan fingerprint density at radius 2 is 1.76 bits per heavy atom. The molecule has 0 heterocycles. The van der Waals surface area contributed by atoms with Gasteiger partial charge in [-0.1, -0.05) is 23.7 Å². The number of methoxy groups -OCH3 is 2. The van der Waals surface area contributed by atoms with Crippen molar-refractivity contribution in [2.24, 2.45) is 0 Å². The molecule has 0 saturated carbocycles. The van der Waals surface area contributed by atoms with E-state index in [1.807, 2.05) is 56.4 Å². The molecule has 0 N–H and O–H groups in total. The van der Waals surface area contributed by atoms with E-state index in [1.54, 1.807) is 19.1 Å². The third-order valence-corrected chi connectivity index (χ3v) is 5.06. The lowest BCUT2D eigenvalue weighted by atomic mass is 10.2. The zero-order valence-corrected chi connectivity index (χ0v) is 16.4. The highest BCUT2D eigenvalue weighted by atomic mass is 35.5. The zero-order valence-electron chi connectivity index (χ0n) is 14.8. The summed E-state index contributed by atoms with van der Waals surface area (Å²) < 4.78 is 10.5. The van der Waals surface area contributed by atoms with E-state index in [0.717, 1.165) is 10.5 Å². The van der Waals surface area contributed by atoms with Crippen molar-refractivity contribution in [1.29, 1.82) is 0 Å². The number of carbonyl (C=O) groups excluding carboxylic acids is 1. The fraction of sp³-hybridized carbons (Fsp3) is 0.316. The fourth-order valence-electron chi connectivity index (χ4n) is 2.40. The summed E-state index contributed by atoms with van der Waals surface area (Å²) in [5.74, 6) is 1.39. The van der Waals surface area contributed by atoms with Crippen molar-refractivity contribution in [3.63, 3.8) is 0 Å². The number of thioether (sulfide) groups is 1. The van der Waals surface area contributed by atoms with Crippen LogP contribution in [0.4, 0.5) is 0 Å². The molecule has 0 aliphatic rings. The van der Waals surface area contributed by atoms with Crippen molar-refractivity contribution < 1.29 is 14.3 Å². The fourth-order valence-corrected chi connectivity index (χ4v) is 3.53. The molecule has 0 aliphatic heterocycles. The van der Waals surface area contributed by atoms with E-state index in [-0.39, 0.29) is 11.2 Å². The second-order valence-corrected chi connectivity index (χ2v) is 7.45. The van der Waals surface area contributed by atoms with Crippen LogP contribution in [0.15, 0.2) is 47.4 Å². The third-order valence-electron chi connectivity index (χ3n) is 3.72. The summed E-state index contributed by atoms with van der Waals surface area (Å²) >= 11 is 7.39. The standard InChI is InChI=1S/C19H22ClNO3S/c1-13(25-16-9-10-17(23-3)18(11-16)24-4)19(22)21(2)12-14-5-7-15(20)8-6-14/h5-11,13H,12H2,1-4H3. The molecule has 0 fully saturated rings. The SMILES string of the molecule is COc1ccc(SC(C)C(=O)N(C)Cc2ccc(Cl)cc2)cc1OC. The van der Waals surface area contributed by atoms with Gasteiger partial charge in [0.15, 0.2) is 11.5 Å². The molecule has 2 aromatic rings. The Balaban J connectivity index is 2.00. The first kappa shape index (κ1) is 19.5. The molecule has 0 saturated heterocycles. The number of halogens is 1. The third kappa shape index (κ3) is 5.31. The van der Waals surface area contributed by atoms with Gasteiger partial charge in [-0.05, 0) is 42.8 Å². The summed E-state index contributed by atoms with van der Waals surface area (Å²) in [5.41, 5.74) is 1.04. The molecule has 1 unspecified atom stereocenters. The first-order valence-corrected chi connectivity index (χ1v) is 9.08. The van der Waals surface area contributed by atoms with Crippen LogP contribution < -0.4 is 9.47 Å². The van der Waals surface area contributed by atoms with Crippen molar-refractivity contribution in [2.75, 3.05) is 21.3 Å². The maximum absolute atomic E-state index is 12.6. The predicted octanol–water partition coefficient (Wildman–Crippen LogP) is 4.50. The van der Waals surface area contributed by atoms with Crippen molar-refractivity contribution in [1.82, 2.24) is 4.90 Å². The van der Waals surface area contributed by atoms with Crippen molar-refractivity contribution in [3.8, 4) is 11.5 Å². The van der Waals surface area contributed by atoms with Gasteiger partial charge in [0.25, 0.3) is 0 Å². The van der Waals surface area contributed by atoms with Crippen LogP contribution in [0.5, 0.6) is 11.5 Å². The normalized spacial score (nSPS) is 11.7. The highest BCUT2D eigenvalue weighted by Gasteiger charge is 2.19. The molecule has 25 heavy (non-hydrogen) atoms. The molecule has 0 aliphatic carbocycles. The van der Waals surface area contributed by atoms with E-state index in [1.165, 1.54) is 11.8 Å². The predicted molar refractivity (Wildman–Crippen MR) is 103 cm³/mol. The molecule has 0 aromatic heterocycles. The number of ether oxygens (including phenoxy) is 2. The van der Waals surface area contributed by atoms with E-state index in [9.17, 15) is 4.79 Å². The molecular weight excluding hydrogens is 358 g/mol. The summed E-state index contributed by atoms with van der Waals surface area (Å²) in [5, 5.41) is 0.477. The maximum atomic E-state index is 12.6. The monoisotopic (exact) mass is 379 g/mol. The highest BCUT2D eigenvalue weighted by molar-refractivity contribution is 8.00. The van der Waals surface area contributed by atoms with Crippen LogP contribution in [0.2, 0.25) is 5.02 Å². The van der Waals surface area contributed by atoms with Crippen LogP contribution in [-0.2, 0) is 11.3 Å². The van der Waals surface area contributed by atoms with Crippen LogP contribution >= 0.6 is 23.4 Å². The maximum Gasteiger partial charge on any atom is 0.235 e. The molecule has 2 rings (SSSR count). The lowest BCUT2D eigenvalue weighted by Crippen LogP contribution is -2.32. The summed E-state index contributed by atoms with van der Waals surface area (Å²) in [4.78, 5) is 15.3. The average Bonchev–Trinajstić information content (AvgIpc) is 2.62. The topological polar surface area (TPSA) is 38.8 Å². The van der Waals surface area contributed by atoms with E-state index >= 15 is 0 Å². The van der Waals surface area contributed by atoms with E-state index in [0.29, 0.717) is 23.1 Å². The molecule has 4 nitrogen and oxygen atoms in total. The number of rotatable bonds is 7. The summed E-state index contributed by atoms with van der Waals surface area (Å²) in [6.07, 6.45) is 0. The molecule has 0 spiro atoms. The molecule has 0 radical (unpaired) electrons. The van der Waals surface area contributed by atoms with Crippen LogP contribution in [0.25, 0.3) is 0 Å².